The molecule has 1 atom stereocenters. The largest absolute Gasteiger partial charge is 0.480 e. The monoisotopic (exact) mass is 274 g/mol. The van der Waals surface area contributed by atoms with Gasteiger partial charge in [0.15, 0.2) is 5.76 Å². The van der Waals surface area contributed by atoms with Crippen LogP contribution in [-0.4, -0.2) is 54.0 Å². The minimum atomic E-state index is -0.913. The summed E-state index contributed by atoms with van der Waals surface area (Å²) in [5, 5.41) is 12.0. The van der Waals surface area contributed by atoms with Crippen LogP contribution in [0.3, 0.4) is 0 Å². The van der Waals surface area contributed by atoms with Crippen LogP contribution in [0, 0.1) is 0 Å². The molecule has 1 aromatic heterocycles. The van der Waals surface area contributed by atoms with E-state index >= 15 is 0 Å². The summed E-state index contributed by atoms with van der Waals surface area (Å²) in [4.78, 5) is 24.5. The molecule has 1 saturated heterocycles. The third-order valence-corrected chi connectivity index (χ3v) is 2.78. The van der Waals surface area contributed by atoms with E-state index < -0.39 is 12.0 Å². The van der Waals surface area contributed by atoms with Gasteiger partial charge in [-0.3, -0.25) is 14.5 Å². The SMILES string of the molecule is Cl.O=C(CN1CCNCC1C(=O)O)c1ccco1. The van der Waals surface area contributed by atoms with Crippen LogP contribution in [-0.2, 0) is 4.79 Å². The van der Waals surface area contributed by atoms with Crippen molar-refractivity contribution in [3.8, 4) is 0 Å². The highest BCUT2D eigenvalue weighted by atomic mass is 35.5. The van der Waals surface area contributed by atoms with Crippen molar-refractivity contribution in [2.45, 2.75) is 6.04 Å². The molecule has 7 heteroatoms. The Morgan fingerprint density at radius 1 is 1.56 bits per heavy atom. The average Bonchev–Trinajstić information content (AvgIpc) is 2.83. The van der Waals surface area contributed by atoms with Crippen LogP contribution in [0.1, 0.15) is 10.6 Å². The highest BCUT2D eigenvalue weighted by Crippen LogP contribution is 2.08. The van der Waals surface area contributed by atoms with Gasteiger partial charge in [0.1, 0.15) is 6.04 Å². The van der Waals surface area contributed by atoms with Gasteiger partial charge < -0.3 is 14.8 Å². The second kappa shape index (κ2) is 6.53. The molecular weight excluding hydrogens is 260 g/mol. The van der Waals surface area contributed by atoms with Crippen LogP contribution in [0.4, 0.5) is 0 Å². The summed E-state index contributed by atoms with van der Waals surface area (Å²) >= 11 is 0. The smallest absolute Gasteiger partial charge is 0.322 e. The Morgan fingerprint density at radius 3 is 2.94 bits per heavy atom. The summed E-state index contributed by atoms with van der Waals surface area (Å²) in [7, 11) is 0. The van der Waals surface area contributed by atoms with Crippen LogP contribution in [0.2, 0.25) is 0 Å². The second-order valence-electron chi connectivity index (χ2n) is 3.93. The molecule has 1 aliphatic heterocycles. The predicted molar refractivity (Wildman–Crippen MR) is 66.2 cm³/mol. The summed E-state index contributed by atoms with van der Waals surface area (Å²) in [5.74, 6) is -0.833. The molecule has 0 aromatic carbocycles. The van der Waals surface area contributed by atoms with Gasteiger partial charge in [0.25, 0.3) is 0 Å². The Balaban J connectivity index is 0.00000162. The molecule has 0 saturated carbocycles. The highest BCUT2D eigenvalue weighted by Gasteiger charge is 2.30. The minimum absolute atomic E-state index is 0. The minimum Gasteiger partial charge on any atom is -0.480 e. The normalized spacial score (nSPS) is 20.1. The zero-order chi connectivity index (χ0) is 12.3. The number of Topliss-reactive ketones (excluding diaryl/α,β-unsaturated/α-hetero) is 1. The number of hydrogen-bond donors (Lipinski definition) is 2. The summed E-state index contributed by atoms with van der Waals surface area (Å²) in [6.07, 6.45) is 1.43. The fourth-order valence-electron chi connectivity index (χ4n) is 1.88. The molecule has 1 aliphatic rings. The van der Waals surface area contributed by atoms with Crippen LogP contribution < -0.4 is 5.32 Å². The summed E-state index contributed by atoms with van der Waals surface area (Å²) in [5.41, 5.74) is 0. The van der Waals surface area contributed by atoms with Crippen LogP contribution in [0.15, 0.2) is 22.8 Å². The van der Waals surface area contributed by atoms with E-state index in [2.05, 4.69) is 5.32 Å². The van der Waals surface area contributed by atoms with E-state index in [1.807, 2.05) is 0 Å². The Kier molecular flexibility index (Phi) is 5.33. The molecule has 0 spiro atoms. The van der Waals surface area contributed by atoms with Crippen molar-refractivity contribution in [3.63, 3.8) is 0 Å². The average molecular weight is 275 g/mol. The number of carboxylic acid groups (broad SMARTS) is 1. The summed E-state index contributed by atoms with van der Waals surface area (Å²) in [6, 6.07) is 2.57. The zero-order valence-corrected chi connectivity index (χ0v) is 10.5. The van der Waals surface area contributed by atoms with Gasteiger partial charge in [-0.25, -0.2) is 0 Å². The highest BCUT2D eigenvalue weighted by molar-refractivity contribution is 5.95. The van der Waals surface area contributed by atoms with Crippen LogP contribution >= 0.6 is 12.4 Å². The number of rotatable bonds is 4. The quantitative estimate of drug-likeness (QED) is 0.766. The molecule has 0 amide bonds. The second-order valence-corrected chi connectivity index (χ2v) is 3.93. The van der Waals surface area contributed by atoms with E-state index in [0.717, 1.165) is 0 Å². The zero-order valence-electron chi connectivity index (χ0n) is 9.67. The molecule has 18 heavy (non-hydrogen) atoms. The maximum Gasteiger partial charge on any atom is 0.322 e. The van der Waals surface area contributed by atoms with E-state index in [4.69, 9.17) is 9.52 Å². The van der Waals surface area contributed by atoms with E-state index in [0.29, 0.717) is 19.6 Å². The lowest BCUT2D eigenvalue weighted by molar-refractivity contribution is -0.143. The lowest BCUT2D eigenvalue weighted by atomic mass is 10.1. The fourth-order valence-corrected chi connectivity index (χ4v) is 1.88. The Bertz CT molecular complexity index is 407. The fraction of sp³-hybridized carbons (Fsp3) is 0.455. The number of piperazine rings is 1. The summed E-state index contributed by atoms with van der Waals surface area (Å²) < 4.78 is 4.99. The Hall–Kier alpha value is -1.37. The van der Waals surface area contributed by atoms with Crippen molar-refractivity contribution in [1.82, 2.24) is 10.2 Å². The molecule has 0 bridgehead atoms. The van der Waals surface area contributed by atoms with Crippen molar-refractivity contribution < 1.29 is 19.1 Å². The lowest BCUT2D eigenvalue weighted by Crippen LogP contribution is -2.56. The van der Waals surface area contributed by atoms with Crippen molar-refractivity contribution in [2.24, 2.45) is 0 Å². The molecule has 100 valence electrons. The first kappa shape index (κ1) is 14.7. The van der Waals surface area contributed by atoms with Crippen LogP contribution in [0.25, 0.3) is 0 Å². The van der Waals surface area contributed by atoms with Gasteiger partial charge in [-0.2, -0.15) is 0 Å². The number of hydrogen-bond acceptors (Lipinski definition) is 5. The van der Waals surface area contributed by atoms with Crippen molar-refractivity contribution in [3.05, 3.63) is 24.2 Å². The number of nitrogens with zero attached hydrogens (tertiary/aromatic N) is 1. The number of aliphatic carboxylic acids is 1. The van der Waals surface area contributed by atoms with Crippen LogP contribution in [0.5, 0.6) is 0 Å². The standard InChI is InChI=1S/C11H14N2O4.ClH/c14-9(10-2-1-5-17-10)7-13-4-3-12-6-8(13)11(15)16;/h1-2,5,8,12H,3-4,6-7H2,(H,15,16);1H. The third-order valence-electron chi connectivity index (χ3n) is 2.78. The van der Waals surface area contributed by atoms with Gasteiger partial charge in [-0.05, 0) is 12.1 Å². The number of furan rings is 1. The molecule has 0 aliphatic carbocycles. The maximum absolute atomic E-state index is 11.8. The number of ketones is 1. The lowest BCUT2D eigenvalue weighted by Gasteiger charge is -2.32. The van der Waals surface area contributed by atoms with Gasteiger partial charge in [0, 0.05) is 19.6 Å². The number of halogens is 1. The number of carbonyl (C=O) groups is 2. The molecule has 0 radical (unpaired) electrons. The van der Waals surface area contributed by atoms with Crippen molar-refractivity contribution >= 4 is 24.2 Å². The molecular formula is C11H15ClN2O4. The van der Waals surface area contributed by atoms with Gasteiger partial charge in [-0.1, -0.05) is 0 Å². The molecule has 2 heterocycles. The van der Waals surface area contributed by atoms with Crippen molar-refractivity contribution in [1.29, 1.82) is 0 Å². The van der Waals surface area contributed by atoms with Gasteiger partial charge in [-0.15, -0.1) is 12.4 Å². The molecule has 1 aromatic rings. The van der Waals surface area contributed by atoms with Gasteiger partial charge in [0.05, 0.1) is 12.8 Å². The molecule has 6 nitrogen and oxygen atoms in total. The van der Waals surface area contributed by atoms with E-state index in [1.54, 1.807) is 17.0 Å². The molecule has 1 unspecified atom stereocenters. The Morgan fingerprint density at radius 2 is 2.33 bits per heavy atom. The molecule has 2 rings (SSSR count). The first-order valence-corrected chi connectivity index (χ1v) is 5.43. The number of carboxylic acids is 1. The van der Waals surface area contributed by atoms with E-state index in [-0.39, 0.29) is 30.5 Å². The maximum atomic E-state index is 11.8. The number of nitrogens with one attached hydrogen (secondary N) is 1. The Labute approximate surface area is 110 Å². The predicted octanol–water partition coefficient (Wildman–Crippen LogP) is 0.242. The summed E-state index contributed by atoms with van der Waals surface area (Å²) in [6.45, 7) is 1.67. The molecule has 2 N–H and O–H groups in total. The first-order chi connectivity index (χ1) is 8.18. The first-order valence-electron chi connectivity index (χ1n) is 5.43. The number of carbonyl (C=O) groups excluding carboxylic acids is 1. The topological polar surface area (TPSA) is 82.8 Å². The third kappa shape index (κ3) is 3.32. The van der Waals surface area contributed by atoms with Crippen molar-refractivity contribution in [2.75, 3.05) is 26.2 Å². The van der Waals surface area contributed by atoms with E-state index in [9.17, 15) is 9.59 Å². The molecule has 1 fully saturated rings. The van der Waals surface area contributed by atoms with E-state index in [1.165, 1.54) is 6.26 Å². The van der Waals surface area contributed by atoms with Gasteiger partial charge in [0.2, 0.25) is 5.78 Å². The van der Waals surface area contributed by atoms with Gasteiger partial charge >= 0.3 is 5.97 Å².